The predicted molar refractivity (Wildman–Crippen MR) is 73.6 cm³/mol. The van der Waals surface area contributed by atoms with Crippen molar-refractivity contribution in [3.63, 3.8) is 0 Å². The summed E-state index contributed by atoms with van der Waals surface area (Å²) in [5.74, 6) is -0.153. The summed E-state index contributed by atoms with van der Waals surface area (Å²) in [5.41, 5.74) is 1.47. The first kappa shape index (κ1) is 11.9. The number of halogens is 1. The fourth-order valence-corrected chi connectivity index (χ4v) is 3.28. The Hall–Kier alpha value is -1.19. The van der Waals surface area contributed by atoms with Crippen LogP contribution in [-0.4, -0.2) is 13.1 Å². The lowest BCUT2D eigenvalue weighted by molar-refractivity contribution is 0.258. The van der Waals surface area contributed by atoms with Gasteiger partial charge in [0.2, 0.25) is 0 Å². The third kappa shape index (κ3) is 2.20. The molecule has 0 spiro atoms. The molecule has 1 N–H and O–H groups in total. The molecule has 0 saturated carbocycles. The zero-order valence-corrected chi connectivity index (χ0v) is 11.0. The van der Waals surface area contributed by atoms with Crippen LogP contribution in [-0.2, 0) is 11.8 Å². The van der Waals surface area contributed by atoms with E-state index in [9.17, 15) is 4.39 Å². The van der Waals surface area contributed by atoms with Gasteiger partial charge in [-0.3, -0.25) is 0 Å². The van der Waals surface area contributed by atoms with E-state index < -0.39 is 0 Å². The Morgan fingerprint density at radius 1 is 1.17 bits per heavy atom. The Labute approximate surface area is 111 Å². The highest BCUT2D eigenvalue weighted by atomic mass is 32.1. The second-order valence-electron chi connectivity index (χ2n) is 4.97. The summed E-state index contributed by atoms with van der Waals surface area (Å²) in [5, 5.41) is 5.48. The molecular formula is C15H16FNS. The lowest BCUT2D eigenvalue weighted by Crippen LogP contribution is -2.57. The summed E-state index contributed by atoms with van der Waals surface area (Å²) in [7, 11) is 0. The minimum Gasteiger partial charge on any atom is -0.315 e. The summed E-state index contributed by atoms with van der Waals surface area (Å²) in [6, 6.07) is 11.3. The summed E-state index contributed by atoms with van der Waals surface area (Å²) < 4.78 is 13.0. The normalized spacial score (nSPS) is 17.4. The van der Waals surface area contributed by atoms with Crippen molar-refractivity contribution in [1.82, 2.24) is 5.32 Å². The molecule has 94 valence electrons. The molecule has 0 atom stereocenters. The Kier molecular flexibility index (Phi) is 3.18. The first-order valence-electron chi connectivity index (χ1n) is 6.28. The second kappa shape index (κ2) is 4.82. The van der Waals surface area contributed by atoms with Gasteiger partial charge in [-0.25, -0.2) is 4.39 Å². The lowest BCUT2D eigenvalue weighted by Gasteiger charge is -2.43. The Morgan fingerprint density at radius 2 is 1.94 bits per heavy atom. The van der Waals surface area contributed by atoms with E-state index in [0.29, 0.717) is 0 Å². The fourth-order valence-electron chi connectivity index (χ4n) is 2.57. The maximum absolute atomic E-state index is 13.0. The molecule has 0 bridgehead atoms. The van der Waals surface area contributed by atoms with Crippen molar-refractivity contribution in [3.8, 4) is 0 Å². The van der Waals surface area contributed by atoms with Crippen LogP contribution in [0.25, 0.3) is 0 Å². The van der Waals surface area contributed by atoms with Gasteiger partial charge in [0.1, 0.15) is 5.82 Å². The van der Waals surface area contributed by atoms with Crippen molar-refractivity contribution in [2.24, 2.45) is 0 Å². The zero-order valence-electron chi connectivity index (χ0n) is 10.2. The van der Waals surface area contributed by atoms with Gasteiger partial charge in [-0.1, -0.05) is 18.2 Å². The molecule has 3 heteroatoms. The Bertz CT molecular complexity index is 500. The Morgan fingerprint density at radius 3 is 2.50 bits per heavy atom. The number of benzene rings is 1. The van der Waals surface area contributed by atoms with Crippen molar-refractivity contribution >= 4 is 11.3 Å². The van der Waals surface area contributed by atoms with Crippen LogP contribution in [0.4, 0.5) is 4.39 Å². The minimum atomic E-state index is -0.153. The standard InChI is InChI=1S/C15H16FNS/c16-13-5-3-12(4-6-13)15(10-17-11-15)8-7-14-2-1-9-18-14/h1-6,9,17H,7-8,10-11H2. The van der Waals surface area contributed by atoms with Gasteiger partial charge in [0.15, 0.2) is 0 Å². The van der Waals surface area contributed by atoms with Gasteiger partial charge in [-0.05, 0) is 42.0 Å². The van der Waals surface area contributed by atoms with E-state index in [1.165, 1.54) is 10.4 Å². The first-order valence-corrected chi connectivity index (χ1v) is 7.16. The average molecular weight is 261 g/mol. The van der Waals surface area contributed by atoms with Gasteiger partial charge in [0.25, 0.3) is 0 Å². The highest BCUT2D eigenvalue weighted by Gasteiger charge is 2.38. The van der Waals surface area contributed by atoms with Crippen molar-refractivity contribution in [3.05, 3.63) is 58.0 Å². The van der Waals surface area contributed by atoms with E-state index in [-0.39, 0.29) is 11.2 Å². The molecule has 2 heterocycles. The van der Waals surface area contributed by atoms with Crippen molar-refractivity contribution in [1.29, 1.82) is 0 Å². The highest BCUT2D eigenvalue weighted by Crippen LogP contribution is 2.34. The van der Waals surface area contributed by atoms with Crippen LogP contribution < -0.4 is 5.32 Å². The SMILES string of the molecule is Fc1ccc(C2(CCc3cccs3)CNC2)cc1. The number of hydrogen-bond acceptors (Lipinski definition) is 2. The summed E-state index contributed by atoms with van der Waals surface area (Å²) >= 11 is 1.82. The zero-order chi connectivity index (χ0) is 12.4. The van der Waals surface area contributed by atoms with E-state index in [4.69, 9.17) is 0 Å². The third-order valence-electron chi connectivity index (χ3n) is 3.81. The number of rotatable bonds is 4. The smallest absolute Gasteiger partial charge is 0.123 e. The second-order valence-corrected chi connectivity index (χ2v) is 6.00. The minimum absolute atomic E-state index is 0.153. The molecule has 1 fully saturated rings. The largest absolute Gasteiger partial charge is 0.315 e. The van der Waals surface area contributed by atoms with Gasteiger partial charge in [-0.15, -0.1) is 11.3 Å². The maximum atomic E-state index is 13.0. The Balaban J connectivity index is 1.75. The third-order valence-corrected chi connectivity index (χ3v) is 4.75. The van der Waals surface area contributed by atoms with E-state index in [0.717, 1.165) is 25.9 Å². The molecule has 0 aliphatic carbocycles. The molecule has 1 nitrogen and oxygen atoms in total. The van der Waals surface area contributed by atoms with E-state index in [1.807, 2.05) is 23.5 Å². The van der Waals surface area contributed by atoms with E-state index >= 15 is 0 Å². The van der Waals surface area contributed by atoms with E-state index in [1.54, 1.807) is 12.1 Å². The molecule has 1 aliphatic rings. The lowest BCUT2D eigenvalue weighted by atomic mass is 9.72. The van der Waals surface area contributed by atoms with Gasteiger partial charge >= 0.3 is 0 Å². The molecule has 3 rings (SSSR count). The van der Waals surface area contributed by atoms with Crippen LogP contribution >= 0.6 is 11.3 Å². The monoisotopic (exact) mass is 261 g/mol. The molecule has 1 saturated heterocycles. The first-order chi connectivity index (χ1) is 8.78. The van der Waals surface area contributed by atoms with Crippen molar-refractivity contribution in [2.75, 3.05) is 13.1 Å². The molecule has 1 aromatic carbocycles. The van der Waals surface area contributed by atoms with Gasteiger partial charge in [-0.2, -0.15) is 0 Å². The molecule has 0 amide bonds. The topological polar surface area (TPSA) is 12.0 Å². The molecule has 0 unspecified atom stereocenters. The predicted octanol–water partition coefficient (Wildman–Crippen LogP) is 3.36. The molecule has 2 aromatic rings. The number of aryl methyl sites for hydroxylation is 1. The van der Waals surface area contributed by atoms with Gasteiger partial charge < -0.3 is 5.32 Å². The summed E-state index contributed by atoms with van der Waals surface area (Å²) in [6.07, 6.45) is 2.24. The highest BCUT2D eigenvalue weighted by molar-refractivity contribution is 7.09. The molecule has 18 heavy (non-hydrogen) atoms. The van der Waals surface area contributed by atoms with Crippen LogP contribution in [0.2, 0.25) is 0 Å². The molecular weight excluding hydrogens is 245 g/mol. The number of nitrogens with one attached hydrogen (secondary N) is 1. The number of hydrogen-bond donors (Lipinski definition) is 1. The molecule has 1 aromatic heterocycles. The molecule has 1 aliphatic heterocycles. The summed E-state index contributed by atoms with van der Waals surface area (Å²) in [4.78, 5) is 1.43. The quantitative estimate of drug-likeness (QED) is 0.890. The van der Waals surface area contributed by atoms with Crippen LogP contribution in [0, 0.1) is 5.82 Å². The molecule has 0 radical (unpaired) electrons. The van der Waals surface area contributed by atoms with Crippen LogP contribution in [0.15, 0.2) is 41.8 Å². The van der Waals surface area contributed by atoms with E-state index in [2.05, 4.69) is 22.8 Å². The summed E-state index contributed by atoms with van der Waals surface area (Å²) in [6.45, 7) is 2.01. The van der Waals surface area contributed by atoms with Gasteiger partial charge in [0, 0.05) is 23.4 Å². The number of thiophene rings is 1. The fraction of sp³-hybridized carbons (Fsp3) is 0.333. The maximum Gasteiger partial charge on any atom is 0.123 e. The van der Waals surface area contributed by atoms with Crippen molar-refractivity contribution < 1.29 is 4.39 Å². The van der Waals surface area contributed by atoms with Crippen LogP contribution in [0.5, 0.6) is 0 Å². The van der Waals surface area contributed by atoms with Crippen LogP contribution in [0.3, 0.4) is 0 Å². The van der Waals surface area contributed by atoms with Crippen molar-refractivity contribution in [2.45, 2.75) is 18.3 Å². The van der Waals surface area contributed by atoms with Gasteiger partial charge in [0.05, 0.1) is 0 Å². The van der Waals surface area contributed by atoms with Crippen LogP contribution in [0.1, 0.15) is 16.9 Å². The average Bonchev–Trinajstić information content (AvgIpc) is 2.83.